The van der Waals surface area contributed by atoms with E-state index < -0.39 is 17.4 Å². The van der Waals surface area contributed by atoms with E-state index in [0.29, 0.717) is 13.2 Å². The summed E-state index contributed by atoms with van der Waals surface area (Å²) in [5.74, 6) is -0.562. The Morgan fingerprint density at radius 2 is 1.95 bits per heavy atom. The van der Waals surface area contributed by atoms with Crippen molar-refractivity contribution in [1.82, 2.24) is 4.90 Å². The molecule has 2 amide bonds. The number of halogens is 1. The molecule has 1 atom stereocenters. The molecule has 0 aromatic heterocycles. The second kappa shape index (κ2) is 6.15. The van der Waals surface area contributed by atoms with Gasteiger partial charge in [0.1, 0.15) is 0 Å². The first-order valence-electron chi connectivity index (χ1n) is 6.78. The molecule has 0 saturated carbocycles. The van der Waals surface area contributed by atoms with Crippen molar-refractivity contribution in [3.05, 3.63) is 34.3 Å². The summed E-state index contributed by atoms with van der Waals surface area (Å²) >= 11 is 3.39. The topological polar surface area (TPSA) is 72.6 Å². The van der Waals surface area contributed by atoms with E-state index in [1.807, 2.05) is 38.1 Å². The maximum atomic E-state index is 12.8. The predicted molar refractivity (Wildman–Crippen MR) is 82.7 cm³/mol. The van der Waals surface area contributed by atoms with Crippen molar-refractivity contribution in [1.29, 1.82) is 0 Å². The molecule has 6 heteroatoms. The zero-order valence-corrected chi connectivity index (χ0v) is 13.7. The number of nitrogens with zero attached hydrogens (tertiary/aromatic N) is 1. The molecule has 114 valence electrons. The number of hydrogen-bond donors (Lipinski definition) is 1. The maximum Gasteiger partial charge on any atom is 0.248 e. The highest BCUT2D eigenvalue weighted by Crippen LogP contribution is 2.27. The van der Waals surface area contributed by atoms with Crippen molar-refractivity contribution >= 4 is 27.7 Å². The second-order valence-electron chi connectivity index (χ2n) is 5.64. The number of ether oxygens (including phenoxy) is 1. The highest BCUT2D eigenvalue weighted by atomic mass is 79.9. The van der Waals surface area contributed by atoms with E-state index in [2.05, 4.69) is 15.9 Å². The Bertz CT molecular complexity index is 542. The summed E-state index contributed by atoms with van der Waals surface area (Å²) in [7, 11) is 0. The monoisotopic (exact) mass is 354 g/mol. The van der Waals surface area contributed by atoms with Crippen molar-refractivity contribution in [2.75, 3.05) is 19.7 Å². The molecule has 0 aliphatic carbocycles. The molecule has 0 spiro atoms. The number of rotatable bonds is 3. The minimum atomic E-state index is -0.719. The molecule has 1 aromatic carbocycles. The first-order valence-corrected chi connectivity index (χ1v) is 7.58. The van der Waals surface area contributed by atoms with Gasteiger partial charge in [-0.25, -0.2) is 0 Å². The van der Waals surface area contributed by atoms with Gasteiger partial charge in [0, 0.05) is 11.0 Å². The molecule has 1 fully saturated rings. The fraction of sp³-hybridized carbons (Fsp3) is 0.467. The van der Waals surface area contributed by atoms with Crippen LogP contribution in [0.15, 0.2) is 28.7 Å². The van der Waals surface area contributed by atoms with Crippen LogP contribution in [0.25, 0.3) is 0 Å². The van der Waals surface area contributed by atoms with Gasteiger partial charge in [-0.2, -0.15) is 0 Å². The van der Waals surface area contributed by atoms with Crippen LogP contribution in [-0.2, 0) is 19.7 Å². The van der Waals surface area contributed by atoms with E-state index in [-0.39, 0.29) is 12.5 Å². The Labute approximate surface area is 132 Å². The molecule has 1 aromatic rings. The summed E-state index contributed by atoms with van der Waals surface area (Å²) in [6.07, 6.45) is -0.719. The van der Waals surface area contributed by atoms with Crippen LogP contribution in [0.3, 0.4) is 0 Å². The summed E-state index contributed by atoms with van der Waals surface area (Å²) in [4.78, 5) is 25.7. The highest BCUT2D eigenvalue weighted by molar-refractivity contribution is 9.10. The molecule has 0 bridgehead atoms. The Morgan fingerprint density at radius 1 is 1.33 bits per heavy atom. The number of morpholine rings is 1. The lowest BCUT2D eigenvalue weighted by atomic mass is 9.83. The Kier molecular flexibility index (Phi) is 4.68. The van der Waals surface area contributed by atoms with Crippen molar-refractivity contribution in [3.8, 4) is 0 Å². The molecule has 2 N–H and O–H groups in total. The van der Waals surface area contributed by atoms with Gasteiger partial charge in [-0.1, -0.05) is 28.1 Å². The molecular weight excluding hydrogens is 336 g/mol. The van der Waals surface area contributed by atoms with E-state index >= 15 is 0 Å². The number of primary amides is 1. The summed E-state index contributed by atoms with van der Waals surface area (Å²) < 4.78 is 6.25. The average molecular weight is 355 g/mol. The van der Waals surface area contributed by atoms with Gasteiger partial charge in [0.25, 0.3) is 0 Å². The standard InChI is InChI=1S/C15H19BrN2O3/c1-15(2,10-3-5-11(16)6-4-10)14(20)18-7-8-21-12(9-18)13(17)19/h3-6,12H,7-9H2,1-2H3,(H2,17,19). The molecule has 5 nitrogen and oxygen atoms in total. The summed E-state index contributed by atoms with van der Waals surface area (Å²) in [6.45, 7) is 4.78. The second-order valence-corrected chi connectivity index (χ2v) is 6.56. The zero-order valence-electron chi connectivity index (χ0n) is 12.1. The molecule has 1 saturated heterocycles. The molecular formula is C15H19BrN2O3. The summed E-state index contributed by atoms with van der Waals surface area (Å²) in [5, 5.41) is 0. The number of nitrogens with two attached hydrogens (primary N) is 1. The fourth-order valence-electron chi connectivity index (χ4n) is 2.39. The number of hydrogen-bond acceptors (Lipinski definition) is 3. The van der Waals surface area contributed by atoms with Crippen LogP contribution in [-0.4, -0.2) is 42.5 Å². The third-order valence-corrected chi connectivity index (χ3v) is 4.30. The van der Waals surface area contributed by atoms with Gasteiger partial charge in [-0.05, 0) is 31.5 Å². The number of amides is 2. The third-order valence-electron chi connectivity index (χ3n) is 3.77. The fourth-order valence-corrected chi connectivity index (χ4v) is 2.66. The van der Waals surface area contributed by atoms with Gasteiger partial charge < -0.3 is 15.4 Å². The number of carbonyl (C=O) groups is 2. The lowest BCUT2D eigenvalue weighted by Gasteiger charge is -2.37. The highest BCUT2D eigenvalue weighted by Gasteiger charge is 2.37. The molecule has 1 heterocycles. The van der Waals surface area contributed by atoms with Crippen LogP contribution in [0, 0.1) is 0 Å². The van der Waals surface area contributed by atoms with Crippen LogP contribution in [0.2, 0.25) is 0 Å². The van der Waals surface area contributed by atoms with E-state index in [1.165, 1.54) is 0 Å². The quantitative estimate of drug-likeness (QED) is 0.892. The van der Waals surface area contributed by atoms with Crippen LogP contribution < -0.4 is 5.73 Å². The van der Waals surface area contributed by atoms with Gasteiger partial charge in [0.2, 0.25) is 11.8 Å². The molecule has 0 radical (unpaired) electrons. The largest absolute Gasteiger partial charge is 0.367 e. The van der Waals surface area contributed by atoms with E-state index in [9.17, 15) is 9.59 Å². The average Bonchev–Trinajstić information content (AvgIpc) is 2.47. The smallest absolute Gasteiger partial charge is 0.248 e. The predicted octanol–water partition coefficient (Wildman–Crippen LogP) is 1.44. The van der Waals surface area contributed by atoms with Crippen LogP contribution in [0.1, 0.15) is 19.4 Å². The van der Waals surface area contributed by atoms with Gasteiger partial charge in [-0.3, -0.25) is 9.59 Å². The SMILES string of the molecule is CC(C)(C(=O)N1CCOC(C(N)=O)C1)c1ccc(Br)cc1. The Hall–Kier alpha value is -1.40. The normalized spacial score (nSPS) is 19.4. The van der Waals surface area contributed by atoms with E-state index in [0.717, 1.165) is 10.0 Å². The Balaban J connectivity index is 2.17. The van der Waals surface area contributed by atoms with Crippen molar-refractivity contribution in [3.63, 3.8) is 0 Å². The van der Waals surface area contributed by atoms with Crippen LogP contribution in [0.4, 0.5) is 0 Å². The zero-order chi connectivity index (χ0) is 15.6. The first-order chi connectivity index (χ1) is 9.82. The van der Waals surface area contributed by atoms with Crippen LogP contribution in [0.5, 0.6) is 0 Å². The van der Waals surface area contributed by atoms with Gasteiger partial charge in [0.05, 0.1) is 18.6 Å². The van der Waals surface area contributed by atoms with Crippen molar-refractivity contribution in [2.24, 2.45) is 5.73 Å². The number of benzene rings is 1. The van der Waals surface area contributed by atoms with E-state index in [4.69, 9.17) is 10.5 Å². The Morgan fingerprint density at radius 3 is 2.52 bits per heavy atom. The molecule has 2 rings (SSSR count). The van der Waals surface area contributed by atoms with Crippen LogP contribution >= 0.6 is 15.9 Å². The number of carbonyl (C=O) groups excluding carboxylic acids is 2. The lowest BCUT2D eigenvalue weighted by molar-refractivity contribution is -0.148. The summed E-state index contributed by atoms with van der Waals surface area (Å²) in [5.41, 5.74) is 5.52. The minimum absolute atomic E-state index is 0.0284. The maximum absolute atomic E-state index is 12.8. The van der Waals surface area contributed by atoms with Gasteiger partial charge in [-0.15, -0.1) is 0 Å². The third kappa shape index (κ3) is 3.44. The summed E-state index contributed by atoms with van der Waals surface area (Å²) in [6, 6.07) is 7.67. The lowest BCUT2D eigenvalue weighted by Crippen LogP contribution is -2.54. The minimum Gasteiger partial charge on any atom is -0.367 e. The van der Waals surface area contributed by atoms with Crippen molar-refractivity contribution in [2.45, 2.75) is 25.4 Å². The molecule has 1 aliphatic rings. The molecule has 1 aliphatic heterocycles. The van der Waals surface area contributed by atoms with E-state index in [1.54, 1.807) is 4.90 Å². The molecule has 1 unspecified atom stereocenters. The van der Waals surface area contributed by atoms with Gasteiger partial charge in [0.15, 0.2) is 6.10 Å². The molecule has 21 heavy (non-hydrogen) atoms. The first kappa shape index (κ1) is 16.0. The van der Waals surface area contributed by atoms with Crippen molar-refractivity contribution < 1.29 is 14.3 Å². The van der Waals surface area contributed by atoms with Gasteiger partial charge >= 0.3 is 0 Å².